The Hall–Kier alpha value is -2.13. The number of nitrogens with zero attached hydrogens (tertiary/aromatic N) is 1. The van der Waals surface area contributed by atoms with Crippen LogP contribution in [0.1, 0.15) is 24.5 Å². The third kappa shape index (κ3) is 5.50. The van der Waals surface area contributed by atoms with E-state index in [-0.39, 0.29) is 17.9 Å². The number of carbonyl (C=O) groups excluding carboxylic acids is 1. The van der Waals surface area contributed by atoms with Crippen LogP contribution in [0.2, 0.25) is 0 Å². The molecule has 0 aliphatic heterocycles. The highest BCUT2D eigenvalue weighted by atomic mass is 16.2. The molecule has 2 aromatic rings. The lowest BCUT2D eigenvalue weighted by molar-refractivity contribution is -0.132. The van der Waals surface area contributed by atoms with Crippen LogP contribution >= 0.6 is 0 Å². The van der Waals surface area contributed by atoms with Crippen molar-refractivity contribution >= 4 is 5.91 Å². The Labute approximate surface area is 145 Å². The van der Waals surface area contributed by atoms with Crippen molar-refractivity contribution in [3.63, 3.8) is 0 Å². The van der Waals surface area contributed by atoms with Gasteiger partial charge in [0.15, 0.2) is 0 Å². The van der Waals surface area contributed by atoms with Crippen LogP contribution in [0.25, 0.3) is 0 Å². The van der Waals surface area contributed by atoms with Gasteiger partial charge in [-0.3, -0.25) is 4.79 Å². The summed E-state index contributed by atoms with van der Waals surface area (Å²) in [6, 6.07) is 20.9. The van der Waals surface area contributed by atoms with Gasteiger partial charge in [0.25, 0.3) is 0 Å². The first-order valence-electron chi connectivity index (χ1n) is 8.63. The van der Waals surface area contributed by atoms with E-state index in [1.807, 2.05) is 26.1 Å². The molecule has 0 fully saturated rings. The summed E-state index contributed by atoms with van der Waals surface area (Å²) in [6.45, 7) is 2.48. The number of benzene rings is 2. The Bertz CT molecular complexity index is 571. The molecule has 0 spiro atoms. The van der Waals surface area contributed by atoms with E-state index in [0.717, 1.165) is 12.8 Å². The standard InChI is InChI=1S/C21H28N2O/c1-17(16-22)23(2)21(24)15-20(13-18-9-5-3-6-10-18)14-19-11-7-4-8-12-19/h3-12,17,20H,13-16,22H2,1-2H3. The van der Waals surface area contributed by atoms with Crippen LogP contribution in [0.15, 0.2) is 60.7 Å². The molecule has 3 nitrogen and oxygen atoms in total. The molecule has 2 N–H and O–H groups in total. The molecule has 0 bridgehead atoms. The zero-order valence-corrected chi connectivity index (χ0v) is 14.7. The van der Waals surface area contributed by atoms with Crippen molar-refractivity contribution in [1.82, 2.24) is 4.90 Å². The summed E-state index contributed by atoms with van der Waals surface area (Å²) >= 11 is 0. The zero-order chi connectivity index (χ0) is 17.4. The second kappa shape index (κ2) is 9.24. The summed E-state index contributed by atoms with van der Waals surface area (Å²) in [4.78, 5) is 14.4. The Kier molecular flexibility index (Phi) is 7.01. The summed E-state index contributed by atoms with van der Waals surface area (Å²) in [5.74, 6) is 0.458. The smallest absolute Gasteiger partial charge is 0.222 e. The van der Waals surface area contributed by atoms with E-state index in [1.165, 1.54) is 11.1 Å². The Morgan fingerprint density at radius 3 is 1.83 bits per heavy atom. The topological polar surface area (TPSA) is 46.3 Å². The van der Waals surface area contributed by atoms with E-state index in [2.05, 4.69) is 48.5 Å². The first-order valence-corrected chi connectivity index (χ1v) is 8.63. The van der Waals surface area contributed by atoms with Gasteiger partial charge >= 0.3 is 0 Å². The van der Waals surface area contributed by atoms with Crippen LogP contribution in [-0.2, 0) is 17.6 Å². The highest BCUT2D eigenvalue weighted by molar-refractivity contribution is 5.76. The molecule has 0 heterocycles. The molecule has 128 valence electrons. The van der Waals surface area contributed by atoms with Crippen LogP contribution in [0.3, 0.4) is 0 Å². The van der Waals surface area contributed by atoms with Gasteiger partial charge in [-0.15, -0.1) is 0 Å². The lowest BCUT2D eigenvalue weighted by Gasteiger charge is -2.26. The van der Waals surface area contributed by atoms with Gasteiger partial charge < -0.3 is 10.6 Å². The summed E-state index contributed by atoms with van der Waals surface area (Å²) in [5, 5.41) is 0. The van der Waals surface area contributed by atoms with Crippen molar-refractivity contribution in [3.8, 4) is 0 Å². The first-order chi connectivity index (χ1) is 11.6. The molecule has 0 aliphatic carbocycles. The molecule has 0 radical (unpaired) electrons. The molecular weight excluding hydrogens is 296 g/mol. The van der Waals surface area contributed by atoms with Gasteiger partial charge in [-0.05, 0) is 36.8 Å². The highest BCUT2D eigenvalue weighted by Crippen LogP contribution is 2.19. The number of carbonyl (C=O) groups is 1. The van der Waals surface area contributed by atoms with Crippen molar-refractivity contribution in [2.24, 2.45) is 11.7 Å². The molecule has 0 aromatic heterocycles. The lowest BCUT2D eigenvalue weighted by Crippen LogP contribution is -2.40. The van der Waals surface area contributed by atoms with E-state index in [0.29, 0.717) is 13.0 Å². The molecule has 1 unspecified atom stereocenters. The maximum atomic E-state index is 12.6. The minimum Gasteiger partial charge on any atom is -0.342 e. The third-order valence-electron chi connectivity index (χ3n) is 4.59. The van der Waals surface area contributed by atoms with Crippen LogP contribution in [0.5, 0.6) is 0 Å². The largest absolute Gasteiger partial charge is 0.342 e. The van der Waals surface area contributed by atoms with Gasteiger partial charge in [0.1, 0.15) is 0 Å². The number of hydrogen-bond acceptors (Lipinski definition) is 2. The van der Waals surface area contributed by atoms with Crippen molar-refractivity contribution in [2.45, 2.75) is 32.2 Å². The number of likely N-dealkylation sites (N-methyl/N-ethyl adjacent to an activating group) is 1. The third-order valence-corrected chi connectivity index (χ3v) is 4.59. The fraction of sp³-hybridized carbons (Fsp3) is 0.381. The molecule has 24 heavy (non-hydrogen) atoms. The number of nitrogens with two attached hydrogens (primary N) is 1. The van der Waals surface area contributed by atoms with Gasteiger partial charge in [0, 0.05) is 26.1 Å². The number of hydrogen-bond donors (Lipinski definition) is 1. The van der Waals surface area contributed by atoms with Crippen molar-refractivity contribution in [3.05, 3.63) is 71.8 Å². The molecular formula is C21H28N2O. The molecule has 2 aromatic carbocycles. The van der Waals surface area contributed by atoms with Crippen LogP contribution in [-0.4, -0.2) is 30.4 Å². The zero-order valence-electron chi connectivity index (χ0n) is 14.7. The monoisotopic (exact) mass is 324 g/mol. The minimum atomic E-state index is 0.0756. The molecule has 0 aliphatic rings. The van der Waals surface area contributed by atoms with Crippen LogP contribution < -0.4 is 5.73 Å². The predicted molar refractivity (Wildman–Crippen MR) is 99.7 cm³/mol. The maximum absolute atomic E-state index is 12.6. The Balaban J connectivity index is 2.08. The van der Waals surface area contributed by atoms with E-state index in [4.69, 9.17) is 5.73 Å². The van der Waals surface area contributed by atoms with E-state index in [1.54, 1.807) is 4.90 Å². The van der Waals surface area contributed by atoms with Gasteiger partial charge in [-0.25, -0.2) is 0 Å². The van der Waals surface area contributed by atoms with Gasteiger partial charge in [-0.2, -0.15) is 0 Å². The van der Waals surface area contributed by atoms with Gasteiger partial charge in [-0.1, -0.05) is 60.7 Å². The molecule has 3 heteroatoms. The van der Waals surface area contributed by atoms with E-state index < -0.39 is 0 Å². The van der Waals surface area contributed by atoms with E-state index >= 15 is 0 Å². The molecule has 0 saturated heterocycles. The number of rotatable bonds is 8. The summed E-state index contributed by atoms with van der Waals surface area (Å²) in [7, 11) is 1.85. The fourth-order valence-corrected chi connectivity index (χ4v) is 2.91. The normalized spacial score (nSPS) is 12.2. The average Bonchev–Trinajstić information content (AvgIpc) is 2.62. The molecule has 1 atom stereocenters. The van der Waals surface area contributed by atoms with Crippen LogP contribution in [0.4, 0.5) is 0 Å². The Morgan fingerprint density at radius 1 is 0.958 bits per heavy atom. The van der Waals surface area contributed by atoms with Gasteiger partial charge in [0.2, 0.25) is 5.91 Å². The number of amides is 1. The van der Waals surface area contributed by atoms with Crippen LogP contribution in [0, 0.1) is 5.92 Å². The van der Waals surface area contributed by atoms with Crippen molar-refractivity contribution < 1.29 is 4.79 Å². The summed E-state index contributed by atoms with van der Waals surface area (Å²) in [5.41, 5.74) is 8.25. The Morgan fingerprint density at radius 2 is 1.42 bits per heavy atom. The fourth-order valence-electron chi connectivity index (χ4n) is 2.91. The maximum Gasteiger partial charge on any atom is 0.222 e. The van der Waals surface area contributed by atoms with E-state index in [9.17, 15) is 4.79 Å². The lowest BCUT2D eigenvalue weighted by atomic mass is 9.89. The molecule has 0 saturated carbocycles. The first kappa shape index (κ1) is 18.2. The summed E-state index contributed by atoms with van der Waals surface area (Å²) in [6.07, 6.45) is 2.36. The average molecular weight is 324 g/mol. The second-order valence-corrected chi connectivity index (χ2v) is 6.54. The highest BCUT2D eigenvalue weighted by Gasteiger charge is 2.20. The van der Waals surface area contributed by atoms with Gasteiger partial charge in [0.05, 0.1) is 0 Å². The molecule has 2 rings (SSSR count). The van der Waals surface area contributed by atoms with Crippen molar-refractivity contribution in [2.75, 3.05) is 13.6 Å². The van der Waals surface area contributed by atoms with Crippen molar-refractivity contribution in [1.29, 1.82) is 0 Å². The predicted octanol–water partition coefficient (Wildman–Crippen LogP) is 3.28. The SMILES string of the molecule is CC(CN)N(C)C(=O)CC(Cc1ccccc1)Cc1ccccc1. The quantitative estimate of drug-likeness (QED) is 0.810. The molecule has 1 amide bonds. The minimum absolute atomic E-state index is 0.0756. The summed E-state index contributed by atoms with van der Waals surface area (Å²) < 4.78 is 0. The second-order valence-electron chi connectivity index (χ2n) is 6.54.